The second kappa shape index (κ2) is 6.78. The van der Waals surface area contributed by atoms with E-state index in [-0.39, 0.29) is 29.8 Å². The molecule has 0 bridgehead atoms. The van der Waals surface area contributed by atoms with Gasteiger partial charge >= 0.3 is 6.03 Å². The number of aromatic nitrogens is 2. The van der Waals surface area contributed by atoms with Crippen molar-refractivity contribution in [2.24, 2.45) is 0 Å². The van der Waals surface area contributed by atoms with E-state index < -0.39 is 0 Å². The van der Waals surface area contributed by atoms with Gasteiger partial charge in [0.05, 0.1) is 29.4 Å². The van der Waals surface area contributed by atoms with Crippen molar-refractivity contribution >= 4 is 17.6 Å². The Morgan fingerprint density at radius 1 is 1.60 bits per heavy atom. The Kier molecular flexibility index (Phi) is 4.64. The summed E-state index contributed by atoms with van der Waals surface area (Å²) >= 11 is 5.94. The molecule has 3 aliphatic rings. The number of halogens is 1. The van der Waals surface area contributed by atoms with Crippen molar-refractivity contribution in [3.8, 4) is 0 Å². The minimum atomic E-state index is -0.319. The van der Waals surface area contributed by atoms with Gasteiger partial charge in [0.25, 0.3) is 0 Å². The molecule has 0 aromatic carbocycles. The largest absolute Gasteiger partial charge is 0.375 e. The first-order valence-corrected chi connectivity index (χ1v) is 9.51. The molecular weight excluding hydrogens is 344 g/mol. The van der Waals surface area contributed by atoms with Crippen LogP contribution in [0.25, 0.3) is 0 Å². The molecule has 1 N–H and O–H groups in total. The van der Waals surface area contributed by atoms with Crippen molar-refractivity contribution in [3.63, 3.8) is 0 Å². The summed E-state index contributed by atoms with van der Waals surface area (Å²) in [6.45, 7) is 4.81. The Hall–Kier alpha value is -1.31. The molecule has 138 valence electrons. The van der Waals surface area contributed by atoms with Gasteiger partial charge < -0.3 is 19.7 Å². The van der Waals surface area contributed by atoms with E-state index in [0.29, 0.717) is 18.2 Å². The normalized spacial score (nSPS) is 34.5. The zero-order valence-electron chi connectivity index (χ0n) is 14.5. The highest BCUT2D eigenvalue weighted by molar-refractivity contribution is 6.30. The van der Waals surface area contributed by atoms with Crippen LogP contribution in [0.15, 0.2) is 12.4 Å². The fourth-order valence-corrected chi connectivity index (χ4v) is 4.52. The van der Waals surface area contributed by atoms with Gasteiger partial charge in [-0.2, -0.15) is 5.10 Å². The second-order valence-corrected chi connectivity index (χ2v) is 7.55. The molecule has 2 aliphatic heterocycles. The van der Waals surface area contributed by atoms with Crippen LogP contribution < -0.4 is 5.32 Å². The predicted octanol–water partition coefficient (Wildman–Crippen LogP) is 2.22. The van der Waals surface area contributed by atoms with E-state index in [1.54, 1.807) is 6.20 Å². The van der Waals surface area contributed by atoms with Crippen LogP contribution in [0.1, 0.15) is 38.6 Å². The van der Waals surface area contributed by atoms with E-state index >= 15 is 0 Å². The molecule has 1 aromatic heterocycles. The zero-order chi connectivity index (χ0) is 17.4. The molecule has 7 nitrogen and oxygen atoms in total. The summed E-state index contributed by atoms with van der Waals surface area (Å²) in [6.07, 6.45) is 7.24. The quantitative estimate of drug-likeness (QED) is 0.884. The number of carbonyl (C=O) groups excluding carboxylic acids is 1. The minimum absolute atomic E-state index is 0.0180. The lowest BCUT2D eigenvalue weighted by Crippen LogP contribution is -2.70. The summed E-state index contributed by atoms with van der Waals surface area (Å²) in [6, 6.07) is 0.209. The van der Waals surface area contributed by atoms with E-state index in [9.17, 15) is 4.79 Å². The molecule has 4 rings (SSSR count). The average molecular weight is 369 g/mol. The first-order chi connectivity index (χ1) is 12.1. The number of likely N-dealkylation sites (tertiary alicyclic amines) is 1. The molecule has 3 heterocycles. The van der Waals surface area contributed by atoms with Gasteiger partial charge in [-0.05, 0) is 32.6 Å². The van der Waals surface area contributed by atoms with Crippen LogP contribution in [0, 0.1) is 0 Å². The molecule has 1 spiro atoms. The number of nitrogens with zero attached hydrogens (tertiary/aromatic N) is 3. The van der Waals surface area contributed by atoms with Crippen LogP contribution >= 0.6 is 11.6 Å². The van der Waals surface area contributed by atoms with E-state index in [4.69, 9.17) is 21.1 Å². The molecule has 25 heavy (non-hydrogen) atoms. The van der Waals surface area contributed by atoms with E-state index in [1.807, 2.05) is 22.7 Å². The maximum atomic E-state index is 12.7. The summed E-state index contributed by atoms with van der Waals surface area (Å²) < 4.78 is 13.7. The fraction of sp³-hybridized carbons (Fsp3) is 0.765. The van der Waals surface area contributed by atoms with Gasteiger partial charge in [-0.1, -0.05) is 11.6 Å². The predicted molar refractivity (Wildman–Crippen MR) is 92.7 cm³/mol. The van der Waals surface area contributed by atoms with E-state index in [0.717, 1.165) is 38.8 Å². The Morgan fingerprint density at radius 2 is 2.48 bits per heavy atom. The van der Waals surface area contributed by atoms with Crippen molar-refractivity contribution < 1.29 is 14.3 Å². The number of urea groups is 1. The summed E-state index contributed by atoms with van der Waals surface area (Å²) in [5.74, 6) is 0. The minimum Gasteiger partial charge on any atom is -0.375 e. The lowest BCUT2D eigenvalue weighted by Gasteiger charge is -2.52. The number of nitrogens with one attached hydrogen (secondary N) is 1. The number of hydrogen-bond acceptors (Lipinski definition) is 4. The molecule has 1 aliphatic carbocycles. The van der Waals surface area contributed by atoms with Crippen LogP contribution in [0.4, 0.5) is 4.79 Å². The highest BCUT2D eigenvalue weighted by Crippen LogP contribution is 2.45. The number of ether oxygens (including phenoxy) is 2. The number of rotatable bonds is 4. The van der Waals surface area contributed by atoms with Crippen LogP contribution in [-0.4, -0.2) is 64.8 Å². The summed E-state index contributed by atoms with van der Waals surface area (Å²) in [5.41, 5.74) is -0.319. The number of amides is 2. The first kappa shape index (κ1) is 17.1. The van der Waals surface area contributed by atoms with Crippen molar-refractivity contribution in [1.82, 2.24) is 20.0 Å². The van der Waals surface area contributed by atoms with Crippen LogP contribution in [-0.2, 0) is 9.47 Å². The third-order valence-corrected chi connectivity index (χ3v) is 5.92. The summed E-state index contributed by atoms with van der Waals surface area (Å²) in [7, 11) is 0. The maximum absolute atomic E-state index is 12.7. The zero-order valence-corrected chi connectivity index (χ0v) is 15.2. The van der Waals surface area contributed by atoms with Crippen molar-refractivity contribution in [1.29, 1.82) is 0 Å². The highest BCUT2D eigenvalue weighted by Gasteiger charge is 2.59. The Morgan fingerprint density at radius 3 is 3.16 bits per heavy atom. The van der Waals surface area contributed by atoms with Gasteiger partial charge in [0.1, 0.15) is 5.60 Å². The van der Waals surface area contributed by atoms with Gasteiger partial charge in [0.2, 0.25) is 0 Å². The average Bonchev–Trinajstić information content (AvgIpc) is 3.33. The number of carbonyl (C=O) groups is 1. The molecule has 4 atom stereocenters. The molecule has 3 fully saturated rings. The van der Waals surface area contributed by atoms with E-state index in [1.165, 1.54) is 0 Å². The van der Waals surface area contributed by atoms with Gasteiger partial charge in [0, 0.05) is 32.5 Å². The molecule has 8 heteroatoms. The standard InChI is InChI=1S/C17H25ClN4O3/c1-2-24-15-8-14(17(15)5-3-7-25-17)20-16(23)21-6-4-13(11-21)22-10-12(18)9-19-22/h9-10,13-15H,2-8,11H2,1H3,(H,20,23). The molecule has 2 amide bonds. The Balaban J connectivity index is 1.35. The Bertz CT molecular complexity index is 631. The molecule has 0 radical (unpaired) electrons. The SMILES string of the molecule is CCOC1CC(NC(=O)N2CCC(n3cc(Cl)cn3)C2)C12CCCO2. The van der Waals surface area contributed by atoms with Crippen LogP contribution in [0.3, 0.4) is 0 Å². The van der Waals surface area contributed by atoms with Gasteiger partial charge in [0.15, 0.2) is 0 Å². The van der Waals surface area contributed by atoms with Crippen LogP contribution in [0.2, 0.25) is 5.02 Å². The molecule has 4 unspecified atom stereocenters. The summed E-state index contributed by atoms with van der Waals surface area (Å²) in [4.78, 5) is 14.6. The molecule has 1 aromatic rings. The van der Waals surface area contributed by atoms with Gasteiger partial charge in [-0.25, -0.2) is 4.79 Å². The second-order valence-electron chi connectivity index (χ2n) is 7.12. The smallest absolute Gasteiger partial charge is 0.317 e. The third kappa shape index (κ3) is 3.02. The van der Waals surface area contributed by atoms with Crippen molar-refractivity contribution in [2.75, 3.05) is 26.3 Å². The molecular formula is C17H25ClN4O3. The fourth-order valence-electron chi connectivity index (χ4n) is 4.38. The highest BCUT2D eigenvalue weighted by atomic mass is 35.5. The molecule has 2 saturated heterocycles. The first-order valence-electron chi connectivity index (χ1n) is 9.13. The lowest BCUT2D eigenvalue weighted by atomic mass is 9.70. The van der Waals surface area contributed by atoms with Gasteiger partial charge in [-0.15, -0.1) is 0 Å². The van der Waals surface area contributed by atoms with Crippen LogP contribution in [0.5, 0.6) is 0 Å². The Labute approximate surface area is 152 Å². The monoisotopic (exact) mass is 368 g/mol. The number of hydrogen-bond donors (Lipinski definition) is 1. The maximum Gasteiger partial charge on any atom is 0.317 e. The van der Waals surface area contributed by atoms with Gasteiger partial charge in [-0.3, -0.25) is 4.68 Å². The molecule has 1 saturated carbocycles. The third-order valence-electron chi connectivity index (χ3n) is 5.73. The van der Waals surface area contributed by atoms with Crippen molar-refractivity contribution in [3.05, 3.63) is 17.4 Å². The van der Waals surface area contributed by atoms with Crippen molar-refractivity contribution in [2.45, 2.75) is 56.4 Å². The lowest BCUT2D eigenvalue weighted by molar-refractivity contribution is -0.195. The summed E-state index contributed by atoms with van der Waals surface area (Å²) in [5, 5.41) is 8.07. The topological polar surface area (TPSA) is 68.6 Å². The van der Waals surface area contributed by atoms with E-state index in [2.05, 4.69) is 10.4 Å².